The summed E-state index contributed by atoms with van der Waals surface area (Å²) >= 11 is 0. The number of carbonyl (C=O) groups excluding carboxylic acids is 1. The molecule has 1 aliphatic heterocycles. The summed E-state index contributed by atoms with van der Waals surface area (Å²) in [6.07, 6.45) is 5.97. The predicted octanol–water partition coefficient (Wildman–Crippen LogP) is 3.10. The molecule has 3 rings (SSSR count). The highest BCUT2D eigenvalue weighted by Gasteiger charge is 2.28. The molecule has 138 valence electrons. The van der Waals surface area contributed by atoms with Crippen LogP contribution in [-0.4, -0.2) is 49.0 Å². The van der Waals surface area contributed by atoms with Gasteiger partial charge < -0.3 is 15.1 Å². The minimum Gasteiger partial charge on any atom is -0.375 e. The average molecular weight is 352 g/mol. The number of amides is 1. The minimum atomic E-state index is 0.0249. The summed E-state index contributed by atoms with van der Waals surface area (Å²) in [6, 6.07) is 12.0. The monoisotopic (exact) mass is 352 g/mol. The molecule has 5 nitrogen and oxygen atoms in total. The minimum absolute atomic E-state index is 0.0249. The van der Waals surface area contributed by atoms with E-state index in [0.29, 0.717) is 6.54 Å². The number of benzene rings is 1. The Morgan fingerprint density at radius 3 is 2.81 bits per heavy atom. The van der Waals surface area contributed by atoms with Gasteiger partial charge in [0.1, 0.15) is 0 Å². The molecule has 1 amide bonds. The van der Waals surface area contributed by atoms with Crippen LogP contribution in [0.3, 0.4) is 0 Å². The lowest BCUT2D eigenvalue weighted by atomic mass is 10.0. The van der Waals surface area contributed by atoms with Crippen molar-refractivity contribution in [2.45, 2.75) is 25.8 Å². The first kappa shape index (κ1) is 18.4. The van der Waals surface area contributed by atoms with Crippen molar-refractivity contribution in [2.24, 2.45) is 0 Å². The second kappa shape index (κ2) is 8.81. The maximum atomic E-state index is 13.1. The van der Waals surface area contributed by atoms with Gasteiger partial charge >= 0.3 is 0 Å². The van der Waals surface area contributed by atoms with Gasteiger partial charge in [-0.15, -0.1) is 0 Å². The van der Waals surface area contributed by atoms with E-state index in [4.69, 9.17) is 0 Å². The number of hydrogen-bond acceptors (Lipinski definition) is 4. The Morgan fingerprint density at radius 1 is 1.31 bits per heavy atom. The number of unbranched alkanes of at least 4 members (excludes halogenated alkanes) is 1. The Hall–Kier alpha value is -2.40. The lowest BCUT2D eigenvalue weighted by Crippen LogP contribution is -2.48. The van der Waals surface area contributed by atoms with Crippen LogP contribution in [0.15, 0.2) is 48.8 Å². The van der Waals surface area contributed by atoms with Gasteiger partial charge in [0.25, 0.3) is 5.91 Å². The zero-order chi connectivity index (χ0) is 18.4. The van der Waals surface area contributed by atoms with Gasteiger partial charge in [-0.1, -0.05) is 19.4 Å². The number of carbonyl (C=O) groups is 1. The highest BCUT2D eigenvalue weighted by atomic mass is 16.2. The highest BCUT2D eigenvalue weighted by molar-refractivity contribution is 5.95. The van der Waals surface area contributed by atoms with E-state index in [9.17, 15) is 4.79 Å². The van der Waals surface area contributed by atoms with Gasteiger partial charge in [-0.2, -0.15) is 0 Å². The van der Waals surface area contributed by atoms with Gasteiger partial charge in [0.2, 0.25) is 0 Å². The van der Waals surface area contributed by atoms with E-state index in [1.54, 1.807) is 6.20 Å². The molecule has 1 aromatic carbocycles. The fourth-order valence-corrected chi connectivity index (χ4v) is 3.37. The number of piperazine rings is 1. The smallest absolute Gasteiger partial charge is 0.254 e. The third-order valence-electron chi connectivity index (χ3n) is 4.98. The van der Waals surface area contributed by atoms with Crippen LogP contribution in [0.1, 0.15) is 41.7 Å². The van der Waals surface area contributed by atoms with Gasteiger partial charge in [0.05, 0.1) is 6.04 Å². The van der Waals surface area contributed by atoms with Crippen LogP contribution in [0.25, 0.3) is 0 Å². The Balaban J connectivity index is 1.74. The Morgan fingerprint density at radius 2 is 2.12 bits per heavy atom. The zero-order valence-electron chi connectivity index (χ0n) is 15.7. The highest BCUT2D eigenvalue weighted by Crippen LogP contribution is 2.24. The van der Waals surface area contributed by atoms with Crippen LogP contribution in [0.4, 0.5) is 5.69 Å². The van der Waals surface area contributed by atoms with E-state index in [1.165, 1.54) is 12.8 Å². The van der Waals surface area contributed by atoms with Gasteiger partial charge in [-0.3, -0.25) is 9.78 Å². The zero-order valence-corrected chi connectivity index (χ0v) is 15.7. The number of nitrogens with zero attached hydrogens (tertiary/aromatic N) is 3. The molecule has 5 heteroatoms. The summed E-state index contributed by atoms with van der Waals surface area (Å²) in [5.41, 5.74) is 2.97. The molecule has 1 unspecified atom stereocenters. The molecule has 2 aromatic rings. The maximum absolute atomic E-state index is 13.1. The molecule has 1 saturated heterocycles. The summed E-state index contributed by atoms with van der Waals surface area (Å²) in [5, 5.41) is 3.38. The third kappa shape index (κ3) is 4.22. The molecule has 0 radical (unpaired) electrons. The van der Waals surface area contributed by atoms with Crippen molar-refractivity contribution in [3.05, 3.63) is 59.9 Å². The van der Waals surface area contributed by atoms with Crippen LogP contribution in [-0.2, 0) is 0 Å². The molecule has 26 heavy (non-hydrogen) atoms. The SMILES string of the molecule is CCCCN(C)c1ccc(C(=O)N2CCNCC2c2cccnc2)cc1. The number of rotatable bonds is 6. The normalized spacial score (nSPS) is 17.2. The fraction of sp³-hybridized carbons (Fsp3) is 0.429. The molecule has 0 aliphatic carbocycles. The standard InChI is InChI=1S/C21H28N4O/c1-3-4-13-24(2)19-9-7-17(8-10-19)21(26)25-14-12-23-16-20(25)18-6-5-11-22-15-18/h5-11,15,20,23H,3-4,12-14,16H2,1-2H3. The van der Waals surface area contributed by atoms with E-state index in [2.05, 4.69) is 29.2 Å². The molecule has 1 atom stereocenters. The summed E-state index contributed by atoms with van der Waals surface area (Å²) < 4.78 is 0. The molecule has 0 spiro atoms. The largest absolute Gasteiger partial charge is 0.375 e. The van der Waals surface area contributed by atoms with Crippen LogP contribution in [0.5, 0.6) is 0 Å². The number of hydrogen-bond donors (Lipinski definition) is 1. The average Bonchev–Trinajstić information content (AvgIpc) is 2.72. The first-order valence-electron chi connectivity index (χ1n) is 9.43. The van der Waals surface area contributed by atoms with Gasteiger partial charge in [0.15, 0.2) is 0 Å². The molecule has 0 bridgehead atoms. The van der Waals surface area contributed by atoms with Gasteiger partial charge in [-0.25, -0.2) is 0 Å². The molecule has 0 saturated carbocycles. The van der Waals surface area contributed by atoms with Crippen molar-refractivity contribution < 1.29 is 4.79 Å². The van der Waals surface area contributed by atoms with Crippen molar-refractivity contribution in [1.29, 1.82) is 0 Å². The number of aromatic nitrogens is 1. The number of anilines is 1. The summed E-state index contributed by atoms with van der Waals surface area (Å²) in [4.78, 5) is 21.5. The molecule has 1 aliphatic rings. The Labute approximate surface area is 156 Å². The predicted molar refractivity (Wildman–Crippen MR) is 106 cm³/mol. The second-order valence-electron chi connectivity index (χ2n) is 6.83. The Kier molecular flexibility index (Phi) is 6.23. The van der Waals surface area contributed by atoms with Crippen LogP contribution < -0.4 is 10.2 Å². The van der Waals surface area contributed by atoms with Crippen LogP contribution >= 0.6 is 0 Å². The first-order chi connectivity index (χ1) is 12.7. The molecular weight excluding hydrogens is 324 g/mol. The van der Waals surface area contributed by atoms with Gasteiger partial charge in [0, 0.05) is 56.9 Å². The molecule has 2 heterocycles. The van der Waals surface area contributed by atoms with Crippen LogP contribution in [0, 0.1) is 0 Å². The summed E-state index contributed by atoms with van der Waals surface area (Å²) in [7, 11) is 2.10. The van der Waals surface area contributed by atoms with Gasteiger partial charge in [-0.05, 0) is 42.3 Å². The maximum Gasteiger partial charge on any atom is 0.254 e. The van der Waals surface area contributed by atoms with Crippen molar-refractivity contribution in [3.8, 4) is 0 Å². The number of nitrogens with one attached hydrogen (secondary N) is 1. The molecule has 1 aromatic heterocycles. The van der Waals surface area contributed by atoms with E-state index < -0.39 is 0 Å². The van der Waals surface area contributed by atoms with Crippen molar-refractivity contribution in [3.63, 3.8) is 0 Å². The lowest BCUT2D eigenvalue weighted by Gasteiger charge is -2.36. The summed E-state index contributed by atoms with van der Waals surface area (Å²) in [5.74, 6) is 0.0862. The molecular formula is C21H28N4O. The quantitative estimate of drug-likeness (QED) is 0.868. The van der Waals surface area contributed by atoms with Crippen molar-refractivity contribution in [2.75, 3.05) is 38.1 Å². The lowest BCUT2D eigenvalue weighted by molar-refractivity contribution is 0.0634. The van der Waals surface area contributed by atoms with Crippen molar-refractivity contribution >= 4 is 11.6 Å². The van der Waals surface area contributed by atoms with E-state index in [-0.39, 0.29) is 11.9 Å². The Bertz CT molecular complexity index is 702. The topological polar surface area (TPSA) is 48.5 Å². The third-order valence-corrected chi connectivity index (χ3v) is 4.98. The molecule has 1 N–H and O–H groups in total. The second-order valence-corrected chi connectivity index (χ2v) is 6.83. The summed E-state index contributed by atoms with van der Waals surface area (Å²) in [6.45, 7) is 5.51. The van der Waals surface area contributed by atoms with E-state index >= 15 is 0 Å². The molecule has 1 fully saturated rings. The number of pyridine rings is 1. The van der Waals surface area contributed by atoms with Crippen LogP contribution in [0.2, 0.25) is 0 Å². The fourth-order valence-electron chi connectivity index (χ4n) is 3.37. The first-order valence-corrected chi connectivity index (χ1v) is 9.43. The van der Waals surface area contributed by atoms with Crippen molar-refractivity contribution in [1.82, 2.24) is 15.2 Å². The van der Waals surface area contributed by atoms with E-state index in [1.807, 2.05) is 47.5 Å². The van der Waals surface area contributed by atoms with E-state index in [0.717, 1.165) is 36.4 Å².